The zero-order valence-corrected chi connectivity index (χ0v) is 15.5. The highest BCUT2D eigenvalue weighted by atomic mass is 16.2. The van der Waals surface area contributed by atoms with E-state index in [4.69, 9.17) is 10.8 Å². The monoisotopic (exact) mass is 290 g/mol. The van der Waals surface area contributed by atoms with Crippen LogP contribution in [-0.4, -0.2) is 29.8 Å². The lowest BCUT2D eigenvalue weighted by Gasteiger charge is -2.18. The van der Waals surface area contributed by atoms with Gasteiger partial charge in [-0.15, -0.1) is 6.58 Å². The van der Waals surface area contributed by atoms with Gasteiger partial charge in [0.2, 0.25) is 0 Å². The fraction of sp³-hybridized carbons (Fsp3) is 0.882. The van der Waals surface area contributed by atoms with Gasteiger partial charge in [-0.05, 0) is 25.3 Å². The molecular formula is C17H42N2O. The van der Waals surface area contributed by atoms with Crippen molar-refractivity contribution in [2.75, 3.05) is 6.61 Å². The van der Waals surface area contributed by atoms with Crippen LogP contribution in [0.15, 0.2) is 12.7 Å². The number of rotatable bonds is 5. The van der Waals surface area contributed by atoms with Gasteiger partial charge in [0, 0.05) is 12.1 Å². The molecule has 0 rings (SSSR count). The van der Waals surface area contributed by atoms with E-state index in [1.54, 1.807) is 0 Å². The van der Waals surface area contributed by atoms with Crippen LogP contribution in [0, 0.1) is 5.92 Å². The molecule has 0 aromatic rings. The Morgan fingerprint density at radius 2 is 1.35 bits per heavy atom. The summed E-state index contributed by atoms with van der Waals surface area (Å²) in [5.41, 5.74) is 5.11. The van der Waals surface area contributed by atoms with Gasteiger partial charge in [0.25, 0.3) is 0 Å². The van der Waals surface area contributed by atoms with Crippen molar-refractivity contribution in [2.24, 2.45) is 11.7 Å². The molecule has 0 heterocycles. The third kappa shape index (κ3) is 65.5. The third-order valence-corrected chi connectivity index (χ3v) is 1.57. The van der Waals surface area contributed by atoms with Gasteiger partial charge in [-0.25, -0.2) is 0 Å². The molecule has 0 radical (unpaired) electrons. The average molecular weight is 291 g/mol. The maximum Gasteiger partial charge on any atom is 0.0609 e. The van der Waals surface area contributed by atoms with Crippen LogP contribution in [0.2, 0.25) is 0 Å². The Morgan fingerprint density at radius 1 is 1.05 bits per heavy atom. The van der Waals surface area contributed by atoms with Gasteiger partial charge >= 0.3 is 0 Å². The third-order valence-electron chi connectivity index (χ3n) is 1.57. The van der Waals surface area contributed by atoms with Crippen molar-refractivity contribution in [1.82, 2.24) is 5.32 Å². The Kier molecular flexibility index (Phi) is 33.0. The molecule has 3 heteroatoms. The molecular weight excluding hydrogens is 248 g/mol. The fourth-order valence-electron chi connectivity index (χ4n) is 1.34. The molecule has 0 saturated carbocycles. The Bertz CT molecular complexity index is 144. The Morgan fingerprint density at radius 3 is 1.50 bits per heavy atom. The summed E-state index contributed by atoms with van der Waals surface area (Å²) in [5, 5.41) is 11.2. The quantitative estimate of drug-likeness (QED) is 0.672. The Hall–Kier alpha value is -0.380. The number of hydrogen-bond acceptors (Lipinski definition) is 3. The minimum absolute atomic E-state index is 0.0833. The van der Waals surface area contributed by atoms with E-state index < -0.39 is 0 Å². The van der Waals surface area contributed by atoms with Crippen molar-refractivity contribution in [3.63, 3.8) is 0 Å². The summed E-state index contributed by atoms with van der Waals surface area (Å²) in [6.45, 7) is 22.4. The predicted octanol–water partition coefficient (Wildman–Crippen LogP) is 3.96. The summed E-state index contributed by atoms with van der Waals surface area (Å²) in [6.07, 6.45) is 2.71. The van der Waals surface area contributed by atoms with Crippen LogP contribution in [0.1, 0.15) is 68.7 Å². The first kappa shape index (κ1) is 27.9. The molecule has 0 bridgehead atoms. The summed E-state index contributed by atoms with van der Waals surface area (Å²) in [7, 11) is 0. The highest BCUT2D eigenvalue weighted by Crippen LogP contribution is 2.03. The molecule has 20 heavy (non-hydrogen) atoms. The van der Waals surface area contributed by atoms with Crippen LogP contribution < -0.4 is 11.1 Å². The van der Waals surface area contributed by atoms with Gasteiger partial charge in [-0.2, -0.15) is 0 Å². The molecule has 0 aromatic carbocycles. The first-order valence-electron chi connectivity index (χ1n) is 7.90. The number of aliphatic hydroxyl groups is 1. The molecule has 3 nitrogen and oxygen atoms in total. The number of nitrogens with one attached hydrogen (secondary N) is 1. The average Bonchev–Trinajstić information content (AvgIpc) is 2.29. The van der Waals surface area contributed by atoms with E-state index in [1.807, 2.05) is 27.7 Å². The van der Waals surface area contributed by atoms with Gasteiger partial charge in [0.05, 0.1) is 6.61 Å². The normalized spacial score (nSPS) is 10.7. The van der Waals surface area contributed by atoms with Crippen molar-refractivity contribution in [3.05, 3.63) is 12.7 Å². The maximum atomic E-state index is 7.76. The highest BCUT2D eigenvalue weighted by molar-refractivity contribution is 4.64. The molecule has 0 amide bonds. The van der Waals surface area contributed by atoms with E-state index in [2.05, 4.69) is 46.5 Å². The maximum absolute atomic E-state index is 7.76. The standard InChI is InChI=1S/C9H21N.C3H9N.C3H6O.C2H6/c1-7(2)6-9(5)10-8(3)4;1-3(2)4;1-2-3-4;1-2/h7-10H,6H2,1-5H3;3H,4H2,1-2H3;2,4H,1,3H2;1-2H3. The lowest BCUT2D eigenvalue weighted by Crippen LogP contribution is -2.33. The van der Waals surface area contributed by atoms with Crippen LogP contribution in [0.3, 0.4) is 0 Å². The molecule has 0 saturated heterocycles. The summed E-state index contributed by atoms with van der Waals surface area (Å²) >= 11 is 0. The lowest BCUT2D eigenvalue weighted by atomic mass is 10.0. The van der Waals surface area contributed by atoms with E-state index >= 15 is 0 Å². The predicted molar refractivity (Wildman–Crippen MR) is 95.1 cm³/mol. The van der Waals surface area contributed by atoms with E-state index in [1.165, 1.54) is 12.5 Å². The second kappa shape index (κ2) is 23.7. The molecule has 0 aliphatic heterocycles. The number of aliphatic hydroxyl groups excluding tert-OH is 1. The molecule has 0 aromatic heterocycles. The molecule has 0 fully saturated rings. The SMILES string of the molecule is C=CCO.CC.CC(C)CC(C)NC(C)C.CC(C)N. The van der Waals surface area contributed by atoms with Crippen molar-refractivity contribution in [3.8, 4) is 0 Å². The molecule has 0 spiro atoms. The summed E-state index contributed by atoms with van der Waals surface area (Å²) in [4.78, 5) is 0. The van der Waals surface area contributed by atoms with Crippen LogP contribution >= 0.6 is 0 Å². The summed E-state index contributed by atoms with van der Waals surface area (Å²) in [6, 6.07) is 1.62. The summed E-state index contributed by atoms with van der Waals surface area (Å²) in [5.74, 6) is 0.807. The van der Waals surface area contributed by atoms with Gasteiger partial charge in [-0.3, -0.25) is 0 Å². The van der Waals surface area contributed by atoms with Crippen LogP contribution in [0.4, 0.5) is 0 Å². The summed E-state index contributed by atoms with van der Waals surface area (Å²) < 4.78 is 0. The van der Waals surface area contributed by atoms with Gasteiger partial charge in [-0.1, -0.05) is 61.5 Å². The smallest absolute Gasteiger partial charge is 0.0609 e. The first-order valence-corrected chi connectivity index (χ1v) is 7.90. The molecule has 1 unspecified atom stereocenters. The van der Waals surface area contributed by atoms with Gasteiger partial charge in [0.15, 0.2) is 0 Å². The second-order valence-corrected chi connectivity index (χ2v) is 5.57. The van der Waals surface area contributed by atoms with Crippen molar-refractivity contribution in [1.29, 1.82) is 0 Å². The minimum Gasteiger partial charge on any atom is -0.392 e. The number of hydrogen-bond donors (Lipinski definition) is 3. The largest absolute Gasteiger partial charge is 0.392 e. The molecule has 4 N–H and O–H groups in total. The Balaban J connectivity index is -0.000000106. The molecule has 126 valence electrons. The van der Waals surface area contributed by atoms with Crippen LogP contribution in [0.25, 0.3) is 0 Å². The second-order valence-electron chi connectivity index (χ2n) is 5.57. The van der Waals surface area contributed by atoms with Gasteiger partial charge in [0.1, 0.15) is 0 Å². The van der Waals surface area contributed by atoms with Crippen molar-refractivity contribution in [2.45, 2.75) is 86.9 Å². The lowest BCUT2D eigenvalue weighted by molar-refractivity contribution is 0.343. The topological polar surface area (TPSA) is 58.3 Å². The number of nitrogens with two attached hydrogens (primary N) is 1. The molecule has 0 aliphatic carbocycles. The Labute approximate surface area is 129 Å². The highest BCUT2D eigenvalue weighted by Gasteiger charge is 2.04. The van der Waals surface area contributed by atoms with Crippen molar-refractivity contribution >= 4 is 0 Å². The van der Waals surface area contributed by atoms with E-state index in [0.29, 0.717) is 18.1 Å². The fourth-order valence-corrected chi connectivity index (χ4v) is 1.34. The van der Waals surface area contributed by atoms with E-state index in [0.717, 1.165) is 5.92 Å². The van der Waals surface area contributed by atoms with Crippen molar-refractivity contribution < 1.29 is 5.11 Å². The van der Waals surface area contributed by atoms with Crippen LogP contribution in [0.5, 0.6) is 0 Å². The van der Waals surface area contributed by atoms with E-state index in [-0.39, 0.29) is 6.61 Å². The minimum atomic E-state index is 0.0833. The molecule has 0 aliphatic rings. The van der Waals surface area contributed by atoms with Crippen LogP contribution in [-0.2, 0) is 0 Å². The molecule has 1 atom stereocenters. The first-order chi connectivity index (χ1) is 9.17. The van der Waals surface area contributed by atoms with Gasteiger partial charge < -0.3 is 16.2 Å². The zero-order valence-electron chi connectivity index (χ0n) is 15.5. The van der Waals surface area contributed by atoms with E-state index in [9.17, 15) is 0 Å². The zero-order chi connectivity index (χ0) is 17.1.